The number of benzene rings is 1. The third-order valence-electron chi connectivity index (χ3n) is 1.36. The molecule has 0 aromatic heterocycles. The van der Waals surface area contributed by atoms with Crippen molar-refractivity contribution in [2.24, 2.45) is 0 Å². The Kier molecular flexibility index (Phi) is 10.9. The van der Waals surface area contributed by atoms with Crippen molar-refractivity contribution in [3.63, 3.8) is 0 Å². The van der Waals surface area contributed by atoms with Crippen LogP contribution >= 0.6 is 0 Å². The molecule has 1 aromatic carbocycles. The average molecular weight is 242 g/mol. The van der Waals surface area contributed by atoms with Crippen molar-refractivity contribution >= 4 is 11.9 Å². The zero-order valence-corrected chi connectivity index (χ0v) is 14.2. The second-order valence-corrected chi connectivity index (χ2v) is 2.15. The first-order chi connectivity index (χ1) is 5.61. The van der Waals surface area contributed by atoms with Gasteiger partial charge in [-0.3, -0.25) is 0 Å². The summed E-state index contributed by atoms with van der Waals surface area (Å²) in [6.07, 6.45) is 0. The third-order valence-corrected chi connectivity index (χ3v) is 1.36. The summed E-state index contributed by atoms with van der Waals surface area (Å²) in [6.45, 7) is 0. The van der Waals surface area contributed by atoms with Gasteiger partial charge >= 0.3 is 103 Å². The van der Waals surface area contributed by atoms with Crippen LogP contribution in [0.3, 0.4) is 0 Å². The quantitative estimate of drug-likeness (QED) is 0.483. The van der Waals surface area contributed by atoms with Crippen LogP contribution in [-0.4, -0.2) is 11.9 Å². The van der Waals surface area contributed by atoms with E-state index in [9.17, 15) is 19.8 Å². The number of aromatic carboxylic acids is 2. The summed E-state index contributed by atoms with van der Waals surface area (Å²) < 4.78 is 0. The molecule has 0 heterocycles. The predicted molar refractivity (Wildman–Crippen MR) is 35.1 cm³/mol. The third kappa shape index (κ3) is 5.50. The molecule has 0 saturated heterocycles. The van der Waals surface area contributed by atoms with E-state index in [1.165, 1.54) is 0 Å². The van der Waals surface area contributed by atoms with E-state index in [2.05, 4.69) is 0 Å². The van der Waals surface area contributed by atoms with Gasteiger partial charge in [0.05, 0.1) is 11.9 Å². The van der Waals surface area contributed by atoms with E-state index in [1.54, 1.807) is 0 Å². The Bertz CT molecular complexity index is 288. The van der Waals surface area contributed by atoms with Gasteiger partial charge in [0.15, 0.2) is 0 Å². The summed E-state index contributed by atoms with van der Waals surface area (Å²) in [7, 11) is 0. The maximum atomic E-state index is 10.2. The van der Waals surface area contributed by atoms with Crippen LogP contribution in [-0.2, 0) is 0 Å². The predicted octanol–water partition coefficient (Wildman–Crippen LogP) is -7.58. The van der Waals surface area contributed by atoms with E-state index in [0.717, 1.165) is 24.3 Å². The first-order valence-corrected chi connectivity index (χ1v) is 3.14. The van der Waals surface area contributed by atoms with E-state index in [4.69, 9.17) is 0 Å². The van der Waals surface area contributed by atoms with Crippen LogP contribution in [0, 0.1) is 0 Å². The van der Waals surface area contributed by atoms with Crippen LogP contribution in [0.15, 0.2) is 24.3 Å². The van der Waals surface area contributed by atoms with Crippen molar-refractivity contribution in [3.05, 3.63) is 35.4 Å². The maximum Gasteiger partial charge on any atom is 1.00 e. The van der Waals surface area contributed by atoms with Crippen LogP contribution in [0.2, 0.25) is 0 Å². The molecule has 14 heavy (non-hydrogen) atoms. The second kappa shape index (κ2) is 8.57. The molecular weight excluding hydrogens is 238 g/mol. The van der Waals surface area contributed by atoms with E-state index >= 15 is 0 Å². The molecule has 0 amide bonds. The molecule has 0 fully saturated rings. The molecule has 0 aliphatic heterocycles. The SMILES string of the molecule is O=C([O-])c1ccc(C(=O)[O-])cc1.[K+].[K+]. The largest absolute Gasteiger partial charge is 1.00 e. The number of carbonyl (C=O) groups is 2. The number of hydrogen-bond acceptors (Lipinski definition) is 4. The molecule has 62 valence electrons. The summed E-state index contributed by atoms with van der Waals surface area (Å²) in [5.41, 5.74) is -0.111. The molecule has 0 aliphatic rings. The van der Waals surface area contributed by atoms with Crippen molar-refractivity contribution in [1.82, 2.24) is 0 Å². The molecule has 0 atom stereocenters. The Balaban J connectivity index is 0. The Morgan fingerprint density at radius 1 is 0.786 bits per heavy atom. The standard InChI is InChI=1S/C8H6O4.2K/c9-7(10)5-1-2-6(4-3-5)8(11)12;;/h1-4H,(H,9,10)(H,11,12);;/q;2*+1/p-2. The number of carboxylic acid groups (broad SMARTS) is 2. The Morgan fingerprint density at radius 2 is 1.00 bits per heavy atom. The molecule has 0 unspecified atom stereocenters. The summed E-state index contributed by atoms with van der Waals surface area (Å²) in [5.74, 6) is -2.67. The van der Waals surface area contributed by atoms with Crippen LogP contribution in [0.5, 0.6) is 0 Å². The van der Waals surface area contributed by atoms with Gasteiger partial charge in [-0.15, -0.1) is 0 Å². The van der Waals surface area contributed by atoms with E-state index < -0.39 is 11.9 Å². The molecule has 6 heteroatoms. The Morgan fingerprint density at radius 3 is 1.14 bits per heavy atom. The van der Waals surface area contributed by atoms with E-state index in [1.807, 2.05) is 0 Å². The molecule has 4 nitrogen and oxygen atoms in total. The fourth-order valence-corrected chi connectivity index (χ4v) is 0.742. The van der Waals surface area contributed by atoms with Crippen molar-refractivity contribution < 1.29 is 123 Å². The Hall–Kier alpha value is 1.43. The number of carbonyl (C=O) groups excluding carboxylic acids is 2. The Labute approximate surface area is 166 Å². The van der Waals surface area contributed by atoms with E-state index in [-0.39, 0.29) is 114 Å². The summed E-state index contributed by atoms with van der Waals surface area (Å²) in [5, 5.41) is 20.4. The molecule has 0 spiro atoms. The minimum atomic E-state index is -1.33. The zero-order chi connectivity index (χ0) is 9.14. The summed E-state index contributed by atoms with van der Waals surface area (Å²) in [6, 6.07) is 4.61. The van der Waals surface area contributed by atoms with Gasteiger partial charge in [-0.05, 0) is 11.1 Å². The molecule has 1 aromatic rings. The number of hydrogen-bond donors (Lipinski definition) is 0. The molecule has 0 aliphatic carbocycles. The number of carboxylic acids is 2. The maximum absolute atomic E-state index is 10.2. The van der Waals surface area contributed by atoms with Gasteiger partial charge in [-0.1, -0.05) is 24.3 Å². The fraction of sp³-hybridized carbons (Fsp3) is 0. The van der Waals surface area contributed by atoms with Gasteiger partial charge < -0.3 is 19.8 Å². The second-order valence-electron chi connectivity index (χ2n) is 2.15. The van der Waals surface area contributed by atoms with Crippen molar-refractivity contribution in [1.29, 1.82) is 0 Å². The number of rotatable bonds is 2. The van der Waals surface area contributed by atoms with Gasteiger partial charge in [-0.2, -0.15) is 0 Å². The molecule has 0 N–H and O–H groups in total. The van der Waals surface area contributed by atoms with Crippen molar-refractivity contribution in [2.45, 2.75) is 0 Å². The molecular formula is C8H4K2O4. The van der Waals surface area contributed by atoms with Gasteiger partial charge in [0, 0.05) is 0 Å². The monoisotopic (exact) mass is 242 g/mol. The minimum Gasteiger partial charge on any atom is -0.545 e. The van der Waals surface area contributed by atoms with Crippen molar-refractivity contribution in [3.8, 4) is 0 Å². The zero-order valence-electron chi connectivity index (χ0n) is 7.94. The fourth-order valence-electron chi connectivity index (χ4n) is 0.742. The average Bonchev–Trinajstić information content (AvgIpc) is 2.04. The normalized spacial score (nSPS) is 8.00. The van der Waals surface area contributed by atoms with Gasteiger partial charge in [0.2, 0.25) is 0 Å². The van der Waals surface area contributed by atoms with Crippen LogP contribution in [0.1, 0.15) is 20.7 Å². The van der Waals surface area contributed by atoms with E-state index in [0.29, 0.717) is 0 Å². The van der Waals surface area contributed by atoms with Crippen LogP contribution < -0.4 is 113 Å². The van der Waals surface area contributed by atoms with Gasteiger partial charge in [0.1, 0.15) is 0 Å². The molecule has 0 radical (unpaired) electrons. The molecule has 1 rings (SSSR count). The van der Waals surface area contributed by atoms with Crippen LogP contribution in [0.4, 0.5) is 0 Å². The first-order valence-electron chi connectivity index (χ1n) is 3.14. The minimum absolute atomic E-state index is 0. The first kappa shape index (κ1) is 17.8. The molecule has 0 saturated carbocycles. The summed E-state index contributed by atoms with van der Waals surface area (Å²) >= 11 is 0. The van der Waals surface area contributed by atoms with Crippen LogP contribution in [0.25, 0.3) is 0 Å². The molecule has 0 bridgehead atoms. The topological polar surface area (TPSA) is 80.3 Å². The van der Waals surface area contributed by atoms with Gasteiger partial charge in [-0.25, -0.2) is 0 Å². The van der Waals surface area contributed by atoms with Gasteiger partial charge in [0.25, 0.3) is 0 Å². The van der Waals surface area contributed by atoms with Crippen molar-refractivity contribution in [2.75, 3.05) is 0 Å². The smallest absolute Gasteiger partial charge is 0.545 e. The summed E-state index contributed by atoms with van der Waals surface area (Å²) in [4.78, 5) is 20.4.